The van der Waals surface area contributed by atoms with Crippen LogP contribution in [-0.2, 0) is 7.05 Å². The van der Waals surface area contributed by atoms with Gasteiger partial charge in [0.25, 0.3) is 0 Å². The molecule has 0 amide bonds. The van der Waals surface area contributed by atoms with Crippen molar-refractivity contribution in [2.75, 3.05) is 0 Å². The minimum absolute atomic E-state index is 0.339. The Morgan fingerprint density at radius 3 is 2.71 bits per heavy atom. The van der Waals surface area contributed by atoms with Crippen LogP contribution in [0.25, 0.3) is 0 Å². The highest BCUT2D eigenvalue weighted by atomic mass is 16.3. The summed E-state index contributed by atoms with van der Waals surface area (Å²) in [5, 5.41) is 14.2. The molecule has 0 radical (unpaired) electrons. The third kappa shape index (κ3) is 1.69. The first-order valence-corrected chi connectivity index (χ1v) is 5.35. The Morgan fingerprint density at radius 1 is 1.57 bits per heavy atom. The van der Waals surface area contributed by atoms with Gasteiger partial charge in [0.05, 0.1) is 12.3 Å². The number of aliphatic hydroxyl groups is 1. The summed E-state index contributed by atoms with van der Waals surface area (Å²) in [5.41, 5.74) is 0.951. The van der Waals surface area contributed by atoms with Gasteiger partial charge in [0.2, 0.25) is 0 Å². The molecule has 0 aliphatic heterocycles. The van der Waals surface area contributed by atoms with Crippen LogP contribution in [0.1, 0.15) is 37.9 Å². The van der Waals surface area contributed by atoms with Crippen LogP contribution in [0.3, 0.4) is 0 Å². The zero-order chi connectivity index (χ0) is 10.1. The van der Waals surface area contributed by atoms with Crippen LogP contribution in [0.2, 0.25) is 0 Å². The van der Waals surface area contributed by atoms with Crippen LogP contribution in [-0.4, -0.2) is 14.9 Å². The second-order valence-electron chi connectivity index (χ2n) is 4.44. The number of aromatic nitrogens is 2. The van der Waals surface area contributed by atoms with E-state index in [1.807, 2.05) is 13.2 Å². The first-order chi connectivity index (χ1) is 6.68. The highest BCUT2D eigenvalue weighted by Gasteiger charge is 2.30. The molecule has 1 aliphatic rings. The second-order valence-corrected chi connectivity index (χ2v) is 4.44. The molecule has 1 N–H and O–H groups in total. The summed E-state index contributed by atoms with van der Waals surface area (Å²) in [7, 11) is 1.88. The normalized spacial score (nSPS) is 21.6. The molecule has 3 heteroatoms. The molecule has 0 spiro atoms. The number of aryl methyl sites for hydroxylation is 1. The Morgan fingerprint density at radius 2 is 2.29 bits per heavy atom. The highest BCUT2D eigenvalue weighted by Crippen LogP contribution is 2.39. The predicted molar refractivity (Wildman–Crippen MR) is 54.7 cm³/mol. The molecule has 1 aliphatic carbocycles. The Balaban J connectivity index is 2.03. The first kappa shape index (κ1) is 9.71. The summed E-state index contributed by atoms with van der Waals surface area (Å²) >= 11 is 0. The molecule has 3 nitrogen and oxygen atoms in total. The molecule has 2 atom stereocenters. The summed E-state index contributed by atoms with van der Waals surface area (Å²) in [6.07, 6.45) is 7.21. The molecular formula is C11H18N2O. The van der Waals surface area contributed by atoms with Crippen molar-refractivity contribution in [2.24, 2.45) is 18.9 Å². The lowest BCUT2D eigenvalue weighted by atomic mass is 9.73. The monoisotopic (exact) mass is 194 g/mol. The fourth-order valence-corrected chi connectivity index (χ4v) is 2.12. The Kier molecular flexibility index (Phi) is 2.59. The summed E-state index contributed by atoms with van der Waals surface area (Å²) < 4.78 is 1.74. The van der Waals surface area contributed by atoms with E-state index in [9.17, 15) is 5.11 Å². The molecule has 0 bridgehead atoms. The van der Waals surface area contributed by atoms with Crippen LogP contribution in [0, 0.1) is 11.8 Å². The smallest absolute Gasteiger partial charge is 0.0848 e. The lowest BCUT2D eigenvalue weighted by Crippen LogP contribution is -2.24. The summed E-state index contributed by atoms with van der Waals surface area (Å²) in [4.78, 5) is 0. The maximum Gasteiger partial charge on any atom is 0.0848 e. The third-order valence-corrected chi connectivity index (χ3v) is 3.46. The van der Waals surface area contributed by atoms with Gasteiger partial charge >= 0.3 is 0 Å². The molecule has 14 heavy (non-hydrogen) atoms. The molecular weight excluding hydrogens is 176 g/mol. The van der Waals surface area contributed by atoms with Crippen molar-refractivity contribution in [3.05, 3.63) is 18.0 Å². The van der Waals surface area contributed by atoms with Crippen molar-refractivity contribution in [2.45, 2.75) is 32.3 Å². The zero-order valence-electron chi connectivity index (χ0n) is 8.85. The zero-order valence-corrected chi connectivity index (χ0v) is 8.85. The average Bonchev–Trinajstić information content (AvgIpc) is 2.47. The van der Waals surface area contributed by atoms with Crippen LogP contribution in [0.15, 0.2) is 12.4 Å². The van der Waals surface area contributed by atoms with Crippen LogP contribution < -0.4 is 0 Å². The molecule has 2 unspecified atom stereocenters. The topological polar surface area (TPSA) is 38.1 Å². The molecule has 2 rings (SSSR count). The molecule has 1 aromatic rings. The molecule has 1 fully saturated rings. The van der Waals surface area contributed by atoms with E-state index in [1.165, 1.54) is 19.3 Å². The van der Waals surface area contributed by atoms with E-state index < -0.39 is 0 Å². The van der Waals surface area contributed by atoms with Gasteiger partial charge in [-0.3, -0.25) is 4.68 Å². The second kappa shape index (κ2) is 3.73. The van der Waals surface area contributed by atoms with Gasteiger partial charge < -0.3 is 5.11 Å². The van der Waals surface area contributed by atoms with E-state index in [0.717, 1.165) is 5.56 Å². The van der Waals surface area contributed by atoms with Gasteiger partial charge in [0, 0.05) is 18.8 Å². The Hall–Kier alpha value is -0.830. The SMILES string of the molecule is CC(C1CCC1)C(O)c1cnn(C)c1. The number of aliphatic hydroxyl groups excluding tert-OH is 1. The van der Waals surface area contributed by atoms with E-state index in [-0.39, 0.29) is 6.10 Å². The number of rotatable bonds is 3. The highest BCUT2D eigenvalue weighted by molar-refractivity contribution is 5.09. The number of hydrogen-bond acceptors (Lipinski definition) is 2. The quantitative estimate of drug-likeness (QED) is 0.798. The lowest BCUT2D eigenvalue weighted by Gasteiger charge is -2.33. The van der Waals surface area contributed by atoms with Gasteiger partial charge in [-0.15, -0.1) is 0 Å². The Bertz CT molecular complexity index is 304. The maximum atomic E-state index is 10.1. The third-order valence-electron chi connectivity index (χ3n) is 3.46. The van der Waals surface area contributed by atoms with E-state index in [4.69, 9.17) is 0 Å². The largest absolute Gasteiger partial charge is 0.388 e. The van der Waals surface area contributed by atoms with E-state index in [1.54, 1.807) is 10.9 Å². The van der Waals surface area contributed by atoms with Gasteiger partial charge in [0.1, 0.15) is 0 Å². The van der Waals surface area contributed by atoms with Crippen molar-refractivity contribution in [1.82, 2.24) is 9.78 Å². The molecule has 78 valence electrons. The van der Waals surface area contributed by atoms with Crippen LogP contribution >= 0.6 is 0 Å². The summed E-state index contributed by atoms with van der Waals surface area (Å²) in [6.45, 7) is 2.14. The van der Waals surface area contributed by atoms with E-state index in [2.05, 4.69) is 12.0 Å². The molecule has 1 aromatic heterocycles. The number of nitrogens with zero attached hydrogens (tertiary/aromatic N) is 2. The van der Waals surface area contributed by atoms with Crippen LogP contribution in [0.4, 0.5) is 0 Å². The fourth-order valence-electron chi connectivity index (χ4n) is 2.12. The van der Waals surface area contributed by atoms with Crippen molar-refractivity contribution in [1.29, 1.82) is 0 Å². The molecule has 1 heterocycles. The number of hydrogen-bond donors (Lipinski definition) is 1. The van der Waals surface area contributed by atoms with Crippen molar-refractivity contribution < 1.29 is 5.11 Å². The first-order valence-electron chi connectivity index (χ1n) is 5.35. The van der Waals surface area contributed by atoms with Crippen molar-refractivity contribution >= 4 is 0 Å². The van der Waals surface area contributed by atoms with Gasteiger partial charge in [-0.2, -0.15) is 5.10 Å². The summed E-state index contributed by atoms with van der Waals surface area (Å²) in [5.74, 6) is 1.08. The predicted octanol–water partition coefficient (Wildman–Crippen LogP) is 1.89. The van der Waals surface area contributed by atoms with Gasteiger partial charge in [-0.1, -0.05) is 26.2 Å². The Labute approximate surface area is 84.7 Å². The van der Waals surface area contributed by atoms with Crippen molar-refractivity contribution in [3.8, 4) is 0 Å². The fraction of sp³-hybridized carbons (Fsp3) is 0.727. The van der Waals surface area contributed by atoms with Gasteiger partial charge in [-0.05, 0) is 11.8 Å². The van der Waals surface area contributed by atoms with Gasteiger partial charge in [-0.25, -0.2) is 0 Å². The maximum absolute atomic E-state index is 10.1. The molecule has 0 aromatic carbocycles. The van der Waals surface area contributed by atoms with E-state index >= 15 is 0 Å². The lowest BCUT2D eigenvalue weighted by molar-refractivity contribution is 0.0534. The standard InChI is InChI=1S/C11H18N2O/c1-8(9-4-3-5-9)11(14)10-6-12-13(2)7-10/h6-9,11,14H,3-5H2,1-2H3. The van der Waals surface area contributed by atoms with Gasteiger partial charge in [0.15, 0.2) is 0 Å². The average molecular weight is 194 g/mol. The minimum atomic E-state index is -0.339. The minimum Gasteiger partial charge on any atom is -0.388 e. The van der Waals surface area contributed by atoms with Crippen molar-refractivity contribution in [3.63, 3.8) is 0 Å². The van der Waals surface area contributed by atoms with Crippen LogP contribution in [0.5, 0.6) is 0 Å². The summed E-state index contributed by atoms with van der Waals surface area (Å²) in [6, 6.07) is 0. The molecule has 0 saturated heterocycles. The molecule has 1 saturated carbocycles. The van der Waals surface area contributed by atoms with E-state index in [0.29, 0.717) is 11.8 Å².